The molecule has 2 aliphatic rings. The van der Waals surface area contributed by atoms with E-state index in [9.17, 15) is 31.1 Å². The zero-order valence-corrected chi connectivity index (χ0v) is 20.1. The number of nitrogens with one attached hydrogen (secondary N) is 1. The fourth-order valence-corrected chi connectivity index (χ4v) is 3.90. The molecular formula is C23H24F6N4O6. The van der Waals surface area contributed by atoms with Crippen LogP contribution in [0.25, 0.3) is 0 Å². The third-order valence-electron chi connectivity index (χ3n) is 5.79. The van der Waals surface area contributed by atoms with Gasteiger partial charge in [0.1, 0.15) is 0 Å². The van der Waals surface area contributed by atoms with Crippen molar-refractivity contribution in [2.24, 2.45) is 11.3 Å². The zero-order valence-electron chi connectivity index (χ0n) is 20.1. The van der Waals surface area contributed by atoms with Gasteiger partial charge in [0.15, 0.2) is 0 Å². The van der Waals surface area contributed by atoms with Gasteiger partial charge in [-0.3, -0.25) is 14.7 Å². The van der Waals surface area contributed by atoms with Gasteiger partial charge in [-0.25, -0.2) is 14.6 Å². The summed E-state index contributed by atoms with van der Waals surface area (Å²) in [6, 6.07) is 11.6. The molecule has 2 aliphatic heterocycles. The summed E-state index contributed by atoms with van der Waals surface area (Å²) in [7, 11) is 0. The van der Waals surface area contributed by atoms with Crippen LogP contribution in [0.3, 0.4) is 0 Å². The molecule has 2 atom stereocenters. The largest absolute Gasteiger partial charge is 0.490 e. The number of aliphatic carboxylic acids is 2. The standard InChI is InChI=1S/C19H22N4O2.2C2HF3O2/c24-18-19(7-10-23(14-19)12-16-5-1-3-8-20-16)15(11-22-18)13-25-17-6-2-4-9-21-17;2*3-2(4,5)1(6)7/h1-6,8-9,15H,7,10-14H2,(H,22,24);2*(H,6,7)/t15-,19-;;/m1../s1. The van der Waals surface area contributed by atoms with Crippen molar-refractivity contribution in [1.82, 2.24) is 20.2 Å². The molecule has 2 saturated heterocycles. The first-order chi connectivity index (χ1) is 18.1. The summed E-state index contributed by atoms with van der Waals surface area (Å²) in [6.45, 7) is 3.62. The number of carboxylic acids is 2. The number of ether oxygens (including phenoxy) is 1. The Kier molecular flexibility index (Phi) is 10.6. The van der Waals surface area contributed by atoms with Crippen LogP contribution >= 0.6 is 0 Å². The lowest BCUT2D eigenvalue weighted by atomic mass is 9.77. The van der Waals surface area contributed by atoms with Gasteiger partial charge in [0.25, 0.3) is 0 Å². The molecule has 10 nitrogen and oxygen atoms in total. The van der Waals surface area contributed by atoms with Crippen LogP contribution in [0.1, 0.15) is 12.1 Å². The number of likely N-dealkylation sites (tertiary alicyclic amines) is 1. The minimum atomic E-state index is -5.08. The third-order valence-corrected chi connectivity index (χ3v) is 5.79. The molecule has 0 saturated carbocycles. The number of halogens is 6. The normalized spacial score (nSPS) is 20.8. The molecule has 4 rings (SSSR count). The van der Waals surface area contributed by atoms with Crippen molar-refractivity contribution in [2.45, 2.75) is 25.3 Å². The van der Waals surface area contributed by atoms with Gasteiger partial charge in [0.2, 0.25) is 11.8 Å². The van der Waals surface area contributed by atoms with E-state index in [0.717, 1.165) is 31.7 Å². The Morgan fingerprint density at radius 1 is 1.00 bits per heavy atom. The number of hydrogen-bond acceptors (Lipinski definition) is 7. The summed E-state index contributed by atoms with van der Waals surface area (Å²) >= 11 is 0. The topological polar surface area (TPSA) is 142 Å². The molecule has 0 aliphatic carbocycles. The lowest BCUT2D eigenvalue weighted by Crippen LogP contribution is -2.40. The smallest absolute Gasteiger partial charge is 0.477 e. The number of aromatic nitrogens is 2. The van der Waals surface area contributed by atoms with Gasteiger partial charge in [-0.1, -0.05) is 12.1 Å². The highest BCUT2D eigenvalue weighted by atomic mass is 19.4. The van der Waals surface area contributed by atoms with Crippen LogP contribution in [0.5, 0.6) is 5.88 Å². The number of amides is 1. The van der Waals surface area contributed by atoms with Crippen LogP contribution in [-0.4, -0.2) is 81.5 Å². The van der Waals surface area contributed by atoms with Crippen LogP contribution in [0, 0.1) is 11.3 Å². The number of carbonyl (C=O) groups is 3. The second kappa shape index (κ2) is 13.2. The second-order valence-electron chi connectivity index (χ2n) is 8.43. The van der Waals surface area contributed by atoms with E-state index in [4.69, 9.17) is 24.5 Å². The van der Waals surface area contributed by atoms with Crippen LogP contribution in [0.2, 0.25) is 0 Å². The van der Waals surface area contributed by atoms with E-state index < -0.39 is 24.3 Å². The summed E-state index contributed by atoms with van der Waals surface area (Å²) in [4.78, 5) is 41.3. The number of carboxylic acid groups (broad SMARTS) is 2. The predicted octanol–water partition coefficient (Wildman–Crippen LogP) is 2.76. The van der Waals surface area contributed by atoms with Crippen molar-refractivity contribution < 1.29 is 55.7 Å². The van der Waals surface area contributed by atoms with Gasteiger partial charge in [0.05, 0.1) is 17.7 Å². The number of alkyl halides is 6. The van der Waals surface area contributed by atoms with Gasteiger partial charge in [-0.2, -0.15) is 26.3 Å². The van der Waals surface area contributed by atoms with Crippen molar-refractivity contribution in [3.8, 4) is 5.88 Å². The van der Waals surface area contributed by atoms with Crippen LogP contribution < -0.4 is 10.1 Å². The average Bonchev–Trinajstić information content (AvgIpc) is 3.42. The van der Waals surface area contributed by atoms with E-state index in [1.165, 1.54) is 0 Å². The maximum Gasteiger partial charge on any atom is 0.490 e. The maximum absolute atomic E-state index is 12.6. The van der Waals surface area contributed by atoms with E-state index in [0.29, 0.717) is 19.0 Å². The van der Waals surface area contributed by atoms with E-state index >= 15 is 0 Å². The summed E-state index contributed by atoms with van der Waals surface area (Å²) in [5.41, 5.74) is 0.683. The molecule has 0 radical (unpaired) electrons. The molecule has 39 heavy (non-hydrogen) atoms. The first-order valence-corrected chi connectivity index (χ1v) is 11.2. The molecule has 16 heteroatoms. The fraction of sp³-hybridized carbons (Fsp3) is 0.435. The molecule has 0 aromatic carbocycles. The molecule has 1 spiro atoms. The number of nitrogens with zero attached hydrogens (tertiary/aromatic N) is 3. The van der Waals surface area contributed by atoms with Crippen LogP contribution in [-0.2, 0) is 20.9 Å². The summed E-state index contributed by atoms with van der Waals surface area (Å²) in [5, 5.41) is 17.3. The van der Waals surface area contributed by atoms with Crippen molar-refractivity contribution in [1.29, 1.82) is 0 Å². The fourth-order valence-electron chi connectivity index (χ4n) is 3.90. The first-order valence-electron chi connectivity index (χ1n) is 11.2. The molecule has 2 aromatic rings. The molecule has 3 N–H and O–H groups in total. The third kappa shape index (κ3) is 9.38. The number of pyridine rings is 2. The number of carbonyl (C=O) groups excluding carboxylic acids is 1. The van der Waals surface area contributed by atoms with E-state index in [-0.39, 0.29) is 17.2 Å². The van der Waals surface area contributed by atoms with Crippen molar-refractivity contribution in [3.05, 3.63) is 54.5 Å². The van der Waals surface area contributed by atoms with Gasteiger partial charge in [0, 0.05) is 44.0 Å². The SMILES string of the molecule is O=C(O)C(F)(F)F.O=C(O)C(F)(F)F.O=C1NC[C@H](COc2ccccn2)[C@]12CCN(Cc1ccccn1)C2. The van der Waals surface area contributed by atoms with Crippen LogP contribution in [0.4, 0.5) is 26.3 Å². The van der Waals surface area contributed by atoms with Crippen LogP contribution in [0.15, 0.2) is 48.8 Å². The highest BCUT2D eigenvalue weighted by Crippen LogP contribution is 2.42. The molecule has 2 fully saturated rings. The summed E-state index contributed by atoms with van der Waals surface area (Å²) < 4.78 is 69.3. The van der Waals surface area contributed by atoms with Crippen molar-refractivity contribution in [3.63, 3.8) is 0 Å². The van der Waals surface area contributed by atoms with Gasteiger partial charge in [-0.15, -0.1) is 0 Å². The Labute approximate surface area is 217 Å². The highest BCUT2D eigenvalue weighted by molar-refractivity contribution is 5.86. The molecular weight excluding hydrogens is 542 g/mol. The molecule has 0 bridgehead atoms. The predicted molar refractivity (Wildman–Crippen MR) is 120 cm³/mol. The monoisotopic (exact) mass is 566 g/mol. The Bertz CT molecular complexity index is 1080. The van der Waals surface area contributed by atoms with Gasteiger partial charge >= 0.3 is 24.3 Å². The Morgan fingerprint density at radius 3 is 2.05 bits per heavy atom. The van der Waals surface area contributed by atoms with Gasteiger partial charge in [-0.05, 0) is 31.2 Å². The minimum Gasteiger partial charge on any atom is -0.477 e. The second-order valence-corrected chi connectivity index (χ2v) is 8.43. The summed E-state index contributed by atoms with van der Waals surface area (Å²) in [6.07, 6.45) is -5.78. The maximum atomic E-state index is 12.6. The highest BCUT2D eigenvalue weighted by Gasteiger charge is 2.54. The molecule has 1 amide bonds. The Balaban J connectivity index is 0.000000317. The molecule has 2 aromatic heterocycles. The number of hydrogen-bond donors (Lipinski definition) is 3. The van der Waals surface area contributed by atoms with E-state index in [1.807, 2.05) is 42.6 Å². The lowest BCUT2D eigenvalue weighted by Gasteiger charge is -2.28. The zero-order chi connectivity index (χ0) is 29.3. The van der Waals surface area contributed by atoms with Crippen molar-refractivity contribution >= 4 is 17.8 Å². The molecule has 4 heterocycles. The van der Waals surface area contributed by atoms with E-state index in [2.05, 4.69) is 20.2 Å². The quantitative estimate of drug-likeness (QED) is 0.466. The first kappa shape index (κ1) is 31.3. The average molecular weight is 566 g/mol. The van der Waals surface area contributed by atoms with Gasteiger partial charge < -0.3 is 20.3 Å². The van der Waals surface area contributed by atoms with E-state index in [1.54, 1.807) is 6.20 Å². The Hall–Kier alpha value is -3.95. The summed E-state index contributed by atoms with van der Waals surface area (Å²) in [5.74, 6) is -4.58. The number of rotatable bonds is 5. The minimum absolute atomic E-state index is 0.158. The lowest BCUT2D eigenvalue weighted by molar-refractivity contribution is -0.193. The Morgan fingerprint density at radius 2 is 1.56 bits per heavy atom. The molecule has 214 valence electrons. The van der Waals surface area contributed by atoms with Crippen molar-refractivity contribution in [2.75, 3.05) is 26.2 Å². The molecule has 0 unspecified atom stereocenters.